The second-order valence-electron chi connectivity index (χ2n) is 6.60. The molecule has 24 heavy (non-hydrogen) atoms. The Kier molecular flexibility index (Phi) is 3.31. The van der Waals surface area contributed by atoms with E-state index >= 15 is 0 Å². The lowest BCUT2D eigenvalue weighted by molar-refractivity contribution is -0.116. The van der Waals surface area contributed by atoms with Crippen LogP contribution in [0.1, 0.15) is 41.6 Å². The predicted octanol–water partition coefficient (Wildman–Crippen LogP) is 0.759. The number of nitrogens with zero attached hydrogens (tertiary/aromatic N) is 4. The SMILES string of the molecule is Cc1nn(C2CCS(=O)(=O)C2)c2c1C(c1cnn(C)c1)CC(=O)N2. The van der Waals surface area contributed by atoms with Gasteiger partial charge in [-0.25, -0.2) is 13.1 Å². The van der Waals surface area contributed by atoms with Crippen molar-refractivity contribution >= 4 is 21.6 Å². The highest BCUT2D eigenvalue weighted by Crippen LogP contribution is 2.41. The lowest BCUT2D eigenvalue weighted by Gasteiger charge is -2.24. The molecule has 2 aliphatic heterocycles. The normalized spacial score (nSPS) is 25.5. The molecule has 1 N–H and O–H groups in total. The van der Waals surface area contributed by atoms with Crippen LogP contribution < -0.4 is 5.32 Å². The van der Waals surface area contributed by atoms with Gasteiger partial charge in [0, 0.05) is 31.1 Å². The molecule has 1 amide bonds. The molecule has 2 aromatic heterocycles. The number of fused-ring (bicyclic) bond motifs is 1. The van der Waals surface area contributed by atoms with Crippen molar-refractivity contribution < 1.29 is 13.2 Å². The number of carbonyl (C=O) groups is 1. The Morgan fingerprint density at radius 2 is 2.17 bits per heavy atom. The summed E-state index contributed by atoms with van der Waals surface area (Å²) in [6, 6.07) is -0.217. The van der Waals surface area contributed by atoms with E-state index in [1.807, 2.05) is 20.2 Å². The fourth-order valence-corrected chi connectivity index (χ4v) is 5.40. The van der Waals surface area contributed by atoms with Crippen molar-refractivity contribution in [1.82, 2.24) is 19.6 Å². The van der Waals surface area contributed by atoms with E-state index in [4.69, 9.17) is 0 Å². The van der Waals surface area contributed by atoms with Crippen molar-refractivity contribution in [2.75, 3.05) is 16.8 Å². The summed E-state index contributed by atoms with van der Waals surface area (Å²) in [4.78, 5) is 12.2. The van der Waals surface area contributed by atoms with Crippen LogP contribution >= 0.6 is 0 Å². The molecular weight excluding hydrogens is 330 g/mol. The summed E-state index contributed by atoms with van der Waals surface area (Å²) in [5.41, 5.74) is 2.75. The van der Waals surface area contributed by atoms with Crippen molar-refractivity contribution in [2.24, 2.45) is 7.05 Å². The predicted molar refractivity (Wildman–Crippen MR) is 87.6 cm³/mol. The first kappa shape index (κ1) is 15.4. The van der Waals surface area contributed by atoms with E-state index < -0.39 is 9.84 Å². The van der Waals surface area contributed by atoms with E-state index in [1.165, 1.54) is 0 Å². The average Bonchev–Trinajstić information content (AvgIpc) is 3.17. The highest BCUT2D eigenvalue weighted by Gasteiger charge is 2.37. The zero-order chi connectivity index (χ0) is 17.1. The van der Waals surface area contributed by atoms with Gasteiger partial charge in [-0.05, 0) is 18.9 Å². The highest BCUT2D eigenvalue weighted by molar-refractivity contribution is 7.91. The van der Waals surface area contributed by atoms with Crippen molar-refractivity contribution in [3.8, 4) is 0 Å². The number of nitrogens with one attached hydrogen (secondary N) is 1. The summed E-state index contributed by atoms with van der Waals surface area (Å²) >= 11 is 0. The molecule has 2 atom stereocenters. The van der Waals surface area contributed by atoms with Crippen LogP contribution in [0.15, 0.2) is 12.4 Å². The molecule has 0 radical (unpaired) electrons. The van der Waals surface area contributed by atoms with E-state index in [-0.39, 0.29) is 29.4 Å². The first-order valence-corrected chi connectivity index (χ1v) is 9.74. The zero-order valence-electron chi connectivity index (χ0n) is 13.6. The second-order valence-corrected chi connectivity index (χ2v) is 8.83. The van der Waals surface area contributed by atoms with Gasteiger partial charge in [0.2, 0.25) is 5.91 Å². The second kappa shape index (κ2) is 5.17. The van der Waals surface area contributed by atoms with Gasteiger partial charge in [0.1, 0.15) is 5.82 Å². The minimum absolute atomic E-state index is 0.0774. The molecule has 9 heteroatoms. The quantitative estimate of drug-likeness (QED) is 0.863. The number of rotatable bonds is 2. The van der Waals surface area contributed by atoms with E-state index in [2.05, 4.69) is 15.5 Å². The Morgan fingerprint density at radius 1 is 1.38 bits per heavy atom. The third kappa shape index (κ3) is 2.43. The van der Waals surface area contributed by atoms with Crippen molar-refractivity contribution in [1.29, 1.82) is 0 Å². The van der Waals surface area contributed by atoms with Crippen LogP contribution in [0, 0.1) is 6.92 Å². The molecule has 128 valence electrons. The van der Waals surface area contributed by atoms with Crippen LogP contribution in [0.3, 0.4) is 0 Å². The molecule has 4 rings (SSSR count). The number of amides is 1. The molecule has 0 aromatic carbocycles. The van der Waals surface area contributed by atoms with Crippen LogP contribution in [0.2, 0.25) is 0 Å². The summed E-state index contributed by atoms with van der Waals surface area (Å²) < 4.78 is 27.0. The molecule has 0 spiro atoms. The Hall–Kier alpha value is -2.16. The maximum absolute atomic E-state index is 12.2. The molecule has 0 aliphatic carbocycles. The minimum Gasteiger partial charge on any atom is -0.311 e. The maximum atomic E-state index is 12.2. The lowest BCUT2D eigenvalue weighted by Crippen LogP contribution is -2.26. The van der Waals surface area contributed by atoms with Crippen molar-refractivity contribution in [3.05, 3.63) is 29.2 Å². The van der Waals surface area contributed by atoms with Gasteiger partial charge in [0.25, 0.3) is 0 Å². The highest BCUT2D eigenvalue weighted by atomic mass is 32.2. The van der Waals surface area contributed by atoms with Gasteiger partial charge < -0.3 is 5.32 Å². The molecule has 8 nitrogen and oxygen atoms in total. The van der Waals surface area contributed by atoms with E-state index in [0.717, 1.165) is 16.8 Å². The van der Waals surface area contributed by atoms with Crippen LogP contribution in [0.5, 0.6) is 0 Å². The molecule has 4 heterocycles. The van der Waals surface area contributed by atoms with E-state index in [9.17, 15) is 13.2 Å². The Balaban J connectivity index is 1.80. The number of anilines is 1. The number of hydrogen-bond acceptors (Lipinski definition) is 5. The fourth-order valence-electron chi connectivity index (χ4n) is 3.71. The molecule has 0 bridgehead atoms. The first-order valence-electron chi connectivity index (χ1n) is 7.92. The maximum Gasteiger partial charge on any atom is 0.226 e. The van der Waals surface area contributed by atoms with Gasteiger partial charge >= 0.3 is 0 Å². The van der Waals surface area contributed by atoms with Crippen molar-refractivity contribution in [3.63, 3.8) is 0 Å². The van der Waals surface area contributed by atoms with Crippen LogP contribution in [0.25, 0.3) is 0 Å². The standard InChI is InChI=1S/C15H19N5O3S/c1-9-14-12(10-6-16-19(2)7-10)5-13(21)17-15(14)20(18-9)11-3-4-24(22,23)8-11/h6-7,11-12H,3-5,8H2,1-2H3,(H,17,21). The summed E-state index contributed by atoms with van der Waals surface area (Å²) in [6.45, 7) is 1.90. The van der Waals surface area contributed by atoms with Crippen LogP contribution in [-0.2, 0) is 21.7 Å². The molecule has 2 unspecified atom stereocenters. The number of aryl methyl sites for hydroxylation is 2. The summed E-state index contributed by atoms with van der Waals surface area (Å²) in [5.74, 6) is 0.700. The number of aromatic nitrogens is 4. The minimum atomic E-state index is -3.02. The van der Waals surface area contributed by atoms with Gasteiger partial charge in [-0.1, -0.05) is 0 Å². The van der Waals surface area contributed by atoms with Gasteiger partial charge in [0.15, 0.2) is 9.84 Å². The fraction of sp³-hybridized carbons (Fsp3) is 0.533. The summed E-state index contributed by atoms with van der Waals surface area (Å²) in [7, 11) is -1.18. The Bertz CT molecular complexity index is 927. The largest absolute Gasteiger partial charge is 0.311 e. The van der Waals surface area contributed by atoms with Gasteiger partial charge in [-0.2, -0.15) is 10.2 Å². The van der Waals surface area contributed by atoms with Crippen LogP contribution in [-0.4, -0.2) is 45.4 Å². The topological polar surface area (TPSA) is 98.9 Å². The summed E-state index contributed by atoms with van der Waals surface area (Å²) in [5, 5.41) is 11.7. The van der Waals surface area contributed by atoms with Crippen LogP contribution in [0.4, 0.5) is 5.82 Å². The Labute approximate surface area is 139 Å². The third-order valence-electron chi connectivity index (χ3n) is 4.81. The first-order chi connectivity index (χ1) is 11.3. The van der Waals surface area contributed by atoms with Gasteiger partial charge in [-0.15, -0.1) is 0 Å². The summed E-state index contributed by atoms with van der Waals surface area (Å²) in [6.07, 6.45) is 4.55. The molecular formula is C15H19N5O3S. The molecule has 0 saturated carbocycles. The smallest absolute Gasteiger partial charge is 0.226 e. The lowest BCUT2D eigenvalue weighted by atomic mass is 9.87. The molecule has 2 aromatic rings. The molecule has 1 saturated heterocycles. The number of hydrogen-bond donors (Lipinski definition) is 1. The monoisotopic (exact) mass is 349 g/mol. The van der Waals surface area contributed by atoms with E-state index in [0.29, 0.717) is 18.7 Å². The third-order valence-corrected chi connectivity index (χ3v) is 6.56. The average molecular weight is 349 g/mol. The Morgan fingerprint density at radius 3 is 2.79 bits per heavy atom. The van der Waals surface area contributed by atoms with Gasteiger partial charge in [-0.3, -0.25) is 9.48 Å². The van der Waals surface area contributed by atoms with Crippen molar-refractivity contribution in [2.45, 2.75) is 31.7 Å². The molecule has 1 fully saturated rings. The number of sulfone groups is 1. The molecule has 2 aliphatic rings. The van der Waals surface area contributed by atoms with Gasteiger partial charge in [0.05, 0.1) is 29.4 Å². The number of carbonyl (C=O) groups excluding carboxylic acids is 1. The zero-order valence-corrected chi connectivity index (χ0v) is 14.4. The van der Waals surface area contributed by atoms with E-state index in [1.54, 1.807) is 15.6 Å².